The number of benzene rings is 1. The summed E-state index contributed by atoms with van der Waals surface area (Å²) in [6, 6.07) is 9.08. The highest BCUT2D eigenvalue weighted by molar-refractivity contribution is 5.31. The molecule has 3 N–H and O–H groups in total. The van der Waals surface area contributed by atoms with Crippen LogP contribution in [0.25, 0.3) is 0 Å². The number of methoxy groups -OCH3 is 1. The summed E-state index contributed by atoms with van der Waals surface area (Å²) in [7, 11) is 1.73. The first kappa shape index (κ1) is 16.7. The molecule has 4 nitrogen and oxygen atoms in total. The van der Waals surface area contributed by atoms with E-state index >= 15 is 0 Å². The van der Waals surface area contributed by atoms with Crippen LogP contribution < -0.4 is 15.8 Å². The van der Waals surface area contributed by atoms with E-state index in [9.17, 15) is 0 Å². The summed E-state index contributed by atoms with van der Waals surface area (Å²) in [6.45, 7) is 1.83. The lowest BCUT2D eigenvalue weighted by Gasteiger charge is -2.33. The largest absolute Gasteiger partial charge is 0.497 e. The molecule has 2 fully saturated rings. The minimum Gasteiger partial charge on any atom is -0.497 e. The smallest absolute Gasteiger partial charge is 0.119 e. The normalized spacial score (nSPS) is 31.7. The lowest BCUT2D eigenvalue weighted by atomic mass is 9.82. The summed E-state index contributed by atoms with van der Waals surface area (Å²) >= 11 is 0. The summed E-state index contributed by atoms with van der Waals surface area (Å²) in [5.41, 5.74) is 7.57. The Bertz CT molecular complexity index is 486. The van der Waals surface area contributed by atoms with Gasteiger partial charge in [-0.25, -0.2) is 0 Å². The molecule has 1 saturated carbocycles. The van der Waals surface area contributed by atoms with Crippen molar-refractivity contribution in [1.29, 1.82) is 0 Å². The monoisotopic (exact) mass is 318 g/mol. The molecule has 1 aromatic carbocycles. The van der Waals surface area contributed by atoms with Gasteiger partial charge in [0.1, 0.15) is 5.75 Å². The second kappa shape index (κ2) is 8.13. The molecule has 3 rings (SSSR count). The Morgan fingerprint density at radius 1 is 1.17 bits per heavy atom. The summed E-state index contributed by atoms with van der Waals surface area (Å²) in [5, 5.41) is 3.49. The summed E-state index contributed by atoms with van der Waals surface area (Å²) in [5.74, 6) is 1.60. The lowest BCUT2D eigenvalue weighted by Crippen LogP contribution is -2.52. The van der Waals surface area contributed by atoms with E-state index in [2.05, 4.69) is 23.5 Å². The maximum absolute atomic E-state index is 6.17. The van der Waals surface area contributed by atoms with Crippen LogP contribution in [0, 0.1) is 0 Å². The molecule has 1 aliphatic heterocycles. The van der Waals surface area contributed by atoms with Gasteiger partial charge in [-0.15, -0.1) is 0 Å². The number of hydrogen-bond acceptors (Lipinski definition) is 4. The number of rotatable bonds is 5. The van der Waals surface area contributed by atoms with Crippen molar-refractivity contribution in [3.63, 3.8) is 0 Å². The van der Waals surface area contributed by atoms with Crippen molar-refractivity contribution in [3.05, 3.63) is 29.8 Å². The highest BCUT2D eigenvalue weighted by Gasteiger charge is 2.26. The molecule has 2 atom stereocenters. The molecule has 1 heterocycles. The Labute approximate surface area is 139 Å². The van der Waals surface area contributed by atoms with Crippen LogP contribution in [-0.4, -0.2) is 38.4 Å². The summed E-state index contributed by atoms with van der Waals surface area (Å²) in [4.78, 5) is 0. The number of ether oxygens (including phenoxy) is 2. The first-order valence-electron chi connectivity index (χ1n) is 9.01. The van der Waals surface area contributed by atoms with E-state index < -0.39 is 0 Å². The van der Waals surface area contributed by atoms with Crippen molar-refractivity contribution in [2.45, 2.75) is 62.6 Å². The van der Waals surface area contributed by atoms with Crippen molar-refractivity contribution in [3.8, 4) is 5.75 Å². The van der Waals surface area contributed by atoms with Gasteiger partial charge < -0.3 is 20.5 Å². The Morgan fingerprint density at radius 2 is 2.00 bits per heavy atom. The number of piperidine rings is 1. The molecule has 0 spiro atoms. The number of nitrogens with one attached hydrogen (secondary N) is 1. The van der Waals surface area contributed by atoms with E-state index in [4.69, 9.17) is 15.2 Å². The Balaban J connectivity index is 1.44. The van der Waals surface area contributed by atoms with Gasteiger partial charge >= 0.3 is 0 Å². The Hall–Kier alpha value is -1.10. The zero-order valence-electron chi connectivity index (χ0n) is 14.2. The first-order chi connectivity index (χ1) is 11.3. The average molecular weight is 318 g/mol. The van der Waals surface area contributed by atoms with Gasteiger partial charge in [-0.1, -0.05) is 12.1 Å². The summed E-state index contributed by atoms with van der Waals surface area (Å²) < 4.78 is 11.5. The van der Waals surface area contributed by atoms with Gasteiger partial charge in [0.25, 0.3) is 0 Å². The van der Waals surface area contributed by atoms with Crippen molar-refractivity contribution in [1.82, 2.24) is 5.32 Å². The first-order valence-corrected chi connectivity index (χ1v) is 9.01. The van der Waals surface area contributed by atoms with Crippen LogP contribution in [0.5, 0.6) is 5.75 Å². The van der Waals surface area contributed by atoms with E-state index in [-0.39, 0.29) is 6.04 Å². The van der Waals surface area contributed by atoms with Gasteiger partial charge in [-0.05, 0) is 68.7 Å². The average Bonchev–Trinajstić information content (AvgIpc) is 2.61. The molecule has 0 unspecified atom stereocenters. The van der Waals surface area contributed by atoms with Crippen LogP contribution in [0.2, 0.25) is 0 Å². The minimum absolute atomic E-state index is 0.247. The predicted molar refractivity (Wildman–Crippen MR) is 92.9 cm³/mol. The van der Waals surface area contributed by atoms with Gasteiger partial charge in [0.2, 0.25) is 0 Å². The Morgan fingerprint density at radius 3 is 2.74 bits per heavy atom. The fourth-order valence-electron chi connectivity index (χ4n) is 3.86. The van der Waals surface area contributed by atoms with E-state index in [1.165, 1.54) is 24.8 Å². The third kappa shape index (κ3) is 4.46. The maximum atomic E-state index is 6.17. The molecule has 0 aromatic heterocycles. The van der Waals surface area contributed by atoms with Crippen LogP contribution in [-0.2, 0) is 4.74 Å². The third-order valence-corrected chi connectivity index (χ3v) is 5.39. The predicted octanol–water partition coefficient (Wildman–Crippen LogP) is 2.82. The van der Waals surface area contributed by atoms with Gasteiger partial charge in [0.15, 0.2) is 0 Å². The van der Waals surface area contributed by atoms with Crippen molar-refractivity contribution in [2.24, 2.45) is 5.73 Å². The molecule has 0 radical (unpaired) electrons. The standard InChI is InChI=1S/C19H30N2O2/c1-22-17-5-2-4-15(12-17)14-7-9-16(10-8-14)23-13-19-18(20)6-3-11-21-19/h2,4-5,12,14,16,18-19,21H,3,6-11,13,20H2,1H3/t14?,16?,18-,19-/m0/s1. The zero-order valence-corrected chi connectivity index (χ0v) is 14.2. The number of hydrogen-bond donors (Lipinski definition) is 2. The van der Waals surface area contributed by atoms with Crippen LogP contribution >= 0.6 is 0 Å². The molecule has 1 aliphatic carbocycles. The van der Waals surface area contributed by atoms with Gasteiger partial charge in [0.05, 0.1) is 19.8 Å². The topological polar surface area (TPSA) is 56.5 Å². The van der Waals surface area contributed by atoms with Crippen molar-refractivity contribution < 1.29 is 9.47 Å². The quantitative estimate of drug-likeness (QED) is 0.876. The van der Waals surface area contributed by atoms with E-state index in [0.29, 0.717) is 18.1 Å². The van der Waals surface area contributed by atoms with E-state index in [0.717, 1.165) is 38.2 Å². The minimum atomic E-state index is 0.247. The van der Waals surface area contributed by atoms with Crippen LogP contribution in [0.3, 0.4) is 0 Å². The second-order valence-corrected chi connectivity index (χ2v) is 6.95. The molecule has 4 heteroatoms. The van der Waals surface area contributed by atoms with E-state index in [1.807, 2.05) is 6.07 Å². The fourth-order valence-corrected chi connectivity index (χ4v) is 3.86. The molecular weight excluding hydrogens is 288 g/mol. The fraction of sp³-hybridized carbons (Fsp3) is 0.684. The molecule has 23 heavy (non-hydrogen) atoms. The number of nitrogens with two attached hydrogens (primary N) is 1. The van der Waals surface area contributed by atoms with Gasteiger partial charge in [-0.3, -0.25) is 0 Å². The van der Waals surface area contributed by atoms with E-state index in [1.54, 1.807) is 7.11 Å². The molecular formula is C19H30N2O2. The third-order valence-electron chi connectivity index (χ3n) is 5.39. The molecule has 1 saturated heterocycles. The van der Waals surface area contributed by atoms with Crippen molar-refractivity contribution >= 4 is 0 Å². The van der Waals surface area contributed by atoms with Crippen LogP contribution in [0.1, 0.15) is 50.0 Å². The van der Waals surface area contributed by atoms with Crippen molar-refractivity contribution in [2.75, 3.05) is 20.3 Å². The maximum Gasteiger partial charge on any atom is 0.119 e. The molecule has 128 valence electrons. The van der Waals surface area contributed by atoms with Crippen LogP contribution in [0.4, 0.5) is 0 Å². The second-order valence-electron chi connectivity index (χ2n) is 6.95. The highest BCUT2D eigenvalue weighted by atomic mass is 16.5. The summed E-state index contributed by atoms with van der Waals surface area (Å²) in [6.07, 6.45) is 7.37. The lowest BCUT2D eigenvalue weighted by molar-refractivity contribution is 0.00619. The SMILES string of the molecule is COc1cccc(C2CCC(OC[C@@H]3NCCC[C@@H]3N)CC2)c1. The molecule has 0 bridgehead atoms. The molecule has 0 amide bonds. The highest BCUT2D eigenvalue weighted by Crippen LogP contribution is 2.35. The zero-order chi connectivity index (χ0) is 16.1. The Kier molecular flexibility index (Phi) is 5.92. The molecule has 1 aromatic rings. The van der Waals surface area contributed by atoms with Gasteiger partial charge in [0, 0.05) is 12.1 Å². The van der Waals surface area contributed by atoms with Crippen LogP contribution in [0.15, 0.2) is 24.3 Å². The molecule has 2 aliphatic rings. The van der Waals surface area contributed by atoms with Gasteiger partial charge in [-0.2, -0.15) is 0 Å².